The number of hydrogen-bond donors (Lipinski definition) is 2. The molecule has 0 saturated carbocycles. The molecule has 0 aliphatic carbocycles. The Morgan fingerprint density at radius 2 is 2.16 bits per heavy atom. The van der Waals surface area contributed by atoms with E-state index in [-0.39, 0.29) is 39.1 Å². The molecule has 0 aliphatic rings. The van der Waals surface area contributed by atoms with Crippen molar-refractivity contribution < 1.29 is 33.8 Å². The molecule has 1 heterocycles. The van der Waals surface area contributed by atoms with E-state index in [9.17, 15) is 25.2 Å². The zero-order chi connectivity index (χ0) is 23.3. The van der Waals surface area contributed by atoms with Crippen LogP contribution in [0, 0.1) is 22.2 Å². The number of methoxy groups -OCH3 is 1. The molecule has 2 N–H and O–H groups in total. The number of hydrogen-bond acceptors (Lipinski definition) is 10. The second kappa shape index (κ2) is 9.42. The van der Waals surface area contributed by atoms with E-state index in [1.807, 2.05) is 0 Å². The number of aromatic hydroxyl groups is 1. The summed E-state index contributed by atoms with van der Waals surface area (Å²) in [5.74, 6) is -0.603. The summed E-state index contributed by atoms with van der Waals surface area (Å²) >= 11 is 0. The molecule has 0 bridgehead atoms. The quantitative estimate of drug-likeness (QED) is 0.226. The van der Waals surface area contributed by atoms with Crippen molar-refractivity contribution in [3.8, 4) is 28.5 Å². The summed E-state index contributed by atoms with van der Waals surface area (Å²) in [6.07, 6.45) is 1.32. The number of carbonyl (C=O) groups excluding carboxylic acids is 1. The van der Waals surface area contributed by atoms with Crippen LogP contribution in [0.25, 0.3) is 11.3 Å². The lowest BCUT2D eigenvalue weighted by Gasteiger charge is -2.11. The highest BCUT2D eigenvalue weighted by molar-refractivity contribution is 5.83. The molecule has 0 saturated heterocycles. The fourth-order valence-electron chi connectivity index (χ4n) is 2.66. The molecule has 3 rings (SSSR count). The minimum atomic E-state index is -0.690. The van der Waals surface area contributed by atoms with Crippen molar-refractivity contribution in [1.82, 2.24) is 10.6 Å². The molecule has 1 amide bonds. The molecule has 32 heavy (non-hydrogen) atoms. The number of ether oxygens (including phenoxy) is 2. The standard InChI is InChI=1S/C19H17N5O8/c1-11-19(22-32-24(11)29)14-7-16(30-2)17(8-15(14)23(27)28)31-10-18(26)21-20-9-12-4-3-5-13(25)6-12/h3-9,25H,10H2,1-2H3,(H,21,26)/b20-9+. The maximum absolute atomic E-state index is 12.0. The van der Waals surface area contributed by atoms with Crippen LogP contribution in [-0.2, 0) is 4.79 Å². The van der Waals surface area contributed by atoms with Gasteiger partial charge in [-0.2, -0.15) is 5.10 Å². The summed E-state index contributed by atoms with van der Waals surface area (Å²) in [6, 6.07) is 8.54. The van der Waals surface area contributed by atoms with Gasteiger partial charge in [0.15, 0.2) is 18.1 Å². The number of nitro groups is 1. The van der Waals surface area contributed by atoms with Crippen LogP contribution in [0.4, 0.5) is 5.69 Å². The number of nitrogens with one attached hydrogen (secondary N) is 1. The Bertz CT molecular complexity index is 1190. The fourth-order valence-corrected chi connectivity index (χ4v) is 2.66. The predicted octanol–water partition coefficient (Wildman–Crippen LogP) is 1.43. The molecular formula is C19H17N5O8. The molecule has 0 atom stereocenters. The van der Waals surface area contributed by atoms with E-state index in [0.717, 1.165) is 6.07 Å². The van der Waals surface area contributed by atoms with Crippen molar-refractivity contribution in [2.75, 3.05) is 13.7 Å². The Balaban J connectivity index is 1.76. The number of nitro benzene ring substituents is 1. The van der Waals surface area contributed by atoms with Gasteiger partial charge < -0.3 is 19.8 Å². The van der Waals surface area contributed by atoms with Gasteiger partial charge in [-0.05, 0) is 22.6 Å². The molecular weight excluding hydrogens is 426 g/mol. The number of nitrogens with zero attached hydrogens (tertiary/aromatic N) is 4. The minimum Gasteiger partial charge on any atom is -0.508 e. The number of hydrazone groups is 1. The first-order chi connectivity index (χ1) is 15.3. The third-order valence-corrected chi connectivity index (χ3v) is 4.19. The van der Waals surface area contributed by atoms with Crippen LogP contribution < -0.4 is 19.8 Å². The minimum absolute atomic E-state index is 0.0183. The van der Waals surface area contributed by atoms with Crippen LogP contribution in [0.2, 0.25) is 0 Å². The van der Waals surface area contributed by atoms with Crippen molar-refractivity contribution in [1.29, 1.82) is 0 Å². The summed E-state index contributed by atoms with van der Waals surface area (Å²) in [5, 5.41) is 39.7. The van der Waals surface area contributed by atoms with E-state index < -0.39 is 23.1 Å². The van der Waals surface area contributed by atoms with E-state index in [2.05, 4.69) is 20.3 Å². The summed E-state index contributed by atoms with van der Waals surface area (Å²) in [4.78, 5) is 23.0. The van der Waals surface area contributed by atoms with Crippen molar-refractivity contribution in [3.63, 3.8) is 0 Å². The second-order valence-electron chi connectivity index (χ2n) is 6.32. The van der Waals surface area contributed by atoms with Gasteiger partial charge in [-0.3, -0.25) is 19.5 Å². The Morgan fingerprint density at radius 1 is 1.38 bits per heavy atom. The summed E-state index contributed by atoms with van der Waals surface area (Å²) in [6.45, 7) is 0.870. The number of rotatable bonds is 8. The molecule has 0 fully saturated rings. The summed E-state index contributed by atoms with van der Waals surface area (Å²) < 4.78 is 15.0. The maximum atomic E-state index is 12.0. The zero-order valence-corrected chi connectivity index (χ0v) is 16.8. The SMILES string of the molecule is COc1cc(-c2no[n+]([O-])c2C)c([N+](=O)[O-])cc1OCC(=O)N/N=C/c1cccc(O)c1. The van der Waals surface area contributed by atoms with Crippen LogP contribution in [0.3, 0.4) is 0 Å². The smallest absolute Gasteiger partial charge is 0.285 e. The van der Waals surface area contributed by atoms with Gasteiger partial charge in [0.25, 0.3) is 17.3 Å². The first-order valence-electron chi connectivity index (χ1n) is 8.97. The predicted molar refractivity (Wildman–Crippen MR) is 108 cm³/mol. The third-order valence-electron chi connectivity index (χ3n) is 4.19. The van der Waals surface area contributed by atoms with Crippen LogP contribution in [0.1, 0.15) is 11.3 Å². The van der Waals surface area contributed by atoms with Crippen molar-refractivity contribution >= 4 is 17.8 Å². The first kappa shape index (κ1) is 22.0. The largest absolute Gasteiger partial charge is 0.508 e. The lowest BCUT2D eigenvalue weighted by Crippen LogP contribution is -2.25. The van der Waals surface area contributed by atoms with Crippen LogP contribution in [0.5, 0.6) is 17.2 Å². The molecule has 1 aromatic heterocycles. The van der Waals surface area contributed by atoms with E-state index in [1.54, 1.807) is 12.1 Å². The van der Waals surface area contributed by atoms with Gasteiger partial charge >= 0.3 is 0 Å². The average Bonchev–Trinajstić information content (AvgIpc) is 3.10. The maximum Gasteiger partial charge on any atom is 0.285 e. The van der Waals surface area contributed by atoms with Gasteiger partial charge in [-0.1, -0.05) is 12.1 Å². The molecule has 2 aromatic carbocycles. The number of phenols is 1. The number of carbonyl (C=O) groups is 1. The number of phenolic OH excluding ortho intramolecular Hbond substituents is 1. The second-order valence-corrected chi connectivity index (χ2v) is 6.32. The van der Waals surface area contributed by atoms with Crippen molar-refractivity contribution in [2.24, 2.45) is 5.10 Å². The fraction of sp³-hybridized carbons (Fsp3) is 0.158. The monoisotopic (exact) mass is 443 g/mol. The van der Waals surface area contributed by atoms with Crippen LogP contribution >= 0.6 is 0 Å². The summed E-state index contributed by atoms with van der Waals surface area (Å²) in [5.41, 5.74) is 2.33. The molecule has 13 heteroatoms. The first-order valence-corrected chi connectivity index (χ1v) is 8.97. The van der Waals surface area contributed by atoms with Gasteiger partial charge in [-0.15, -0.1) is 0 Å². The molecule has 13 nitrogen and oxygen atoms in total. The van der Waals surface area contributed by atoms with Gasteiger partial charge in [0, 0.05) is 18.1 Å². The normalized spacial score (nSPS) is 10.8. The topological polar surface area (TPSA) is 176 Å². The highest BCUT2D eigenvalue weighted by atomic mass is 16.8. The lowest BCUT2D eigenvalue weighted by atomic mass is 10.1. The Kier molecular flexibility index (Phi) is 6.48. The van der Waals surface area contributed by atoms with E-state index >= 15 is 0 Å². The molecule has 0 spiro atoms. The Hall–Kier alpha value is -4.68. The van der Waals surface area contributed by atoms with E-state index in [1.165, 1.54) is 38.4 Å². The van der Waals surface area contributed by atoms with Crippen molar-refractivity contribution in [2.45, 2.75) is 6.92 Å². The molecule has 0 radical (unpaired) electrons. The third kappa shape index (κ3) is 4.89. The molecule has 3 aromatic rings. The Labute approximate surface area is 180 Å². The lowest BCUT2D eigenvalue weighted by molar-refractivity contribution is -0.806. The van der Waals surface area contributed by atoms with Gasteiger partial charge in [0.05, 0.1) is 24.3 Å². The molecule has 0 aliphatic heterocycles. The average molecular weight is 443 g/mol. The van der Waals surface area contributed by atoms with Crippen LogP contribution in [0.15, 0.2) is 46.1 Å². The highest BCUT2D eigenvalue weighted by Crippen LogP contribution is 2.39. The molecule has 166 valence electrons. The van der Waals surface area contributed by atoms with Crippen molar-refractivity contribution in [3.05, 3.63) is 63.0 Å². The Morgan fingerprint density at radius 3 is 2.78 bits per heavy atom. The van der Waals surface area contributed by atoms with E-state index in [0.29, 0.717) is 5.56 Å². The van der Waals surface area contributed by atoms with Gasteiger partial charge in [-0.25, -0.2) is 5.43 Å². The van der Waals surface area contributed by atoms with Gasteiger partial charge in [0.1, 0.15) is 11.3 Å². The van der Waals surface area contributed by atoms with E-state index in [4.69, 9.17) is 9.47 Å². The summed E-state index contributed by atoms with van der Waals surface area (Å²) in [7, 11) is 1.31. The zero-order valence-electron chi connectivity index (χ0n) is 16.8. The van der Waals surface area contributed by atoms with Gasteiger partial charge in [0.2, 0.25) is 5.69 Å². The molecule has 0 unspecified atom stereocenters. The highest BCUT2D eigenvalue weighted by Gasteiger charge is 2.29. The van der Waals surface area contributed by atoms with Crippen LogP contribution in [-0.4, -0.2) is 41.0 Å². The number of aromatic nitrogens is 2. The number of benzene rings is 2. The number of amides is 1.